The molecule has 38 valence electrons. The van der Waals surface area contributed by atoms with Gasteiger partial charge in [-0.25, -0.2) is 0 Å². The maximum atomic E-state index is 11.1. The van der Waals surface area contributed by atoms with E-state index < -0.39 is 0 Å². The quantitative estimate of drug-likeness (QED) is 0.421. The summed E-state index contributed by atoms with van der Waals surface area (Å²) in [4.78, 5) is 0. The molecular formula is C3H7FS2. The smallest absolute Gasteiger partial charge is 0.115 e. The fourth-order valence-electron chi connectivity index (χ4n) is 0.115. The Labute approximate surface area is 45.6 Å². The zero-order chi connectivity index (χ0) is 4.83. The second-order valence-corrected chi connectivity index (χ2v) is 2.74. The van der Waals surface area contributed by atoms with Crippen molar-refractivity contribution in [2.24, 2.45) is 0 Å². The van der Waals surface area contributed by atoms with Crippen LogP contribution in [-0.4, -0.2) is 5.75 Å². The molecule has 0 aromatic heterocycles. The average molecular weight is 126 g/mol. The summed E-state index contributed by atoms with van der Waals surface area (Å²) in [5.74, 6) is 0.918. The minimum atomic E-state index is 0.343. The molecule has 6 heavy (non-hydrogen) atoms. The minimum Gasteiger partial charge on any atom is -0.153 e. The van der Waals surface area contributed by atoms with Gasteiger partial charge in [-0.3, -0.25) is 0 Å². The lowest BCUT2D eigenvalue weighted by Crippen LogP contribution is -1.62. The summed E-state index contributed by atoms with van der Waals surface area (Å²) in [5, 5.41) is 0. The first-order valence-electron chi connectivity index (χ1n) is 1.82. The van der Waals surface area contributed by atoms with Crippen molar-refractivity contribution in [3.63, 3.8) is 0 Å². The highest BCUT2D eigenvalue weighted by Crippen LogP contribution is 2.21. The normalized spacial score (nSPS) is 9.00. The SMILES string of the molecule is CCCSSF. The highest BCUT2D eigenvalue weighted by Gasteiger charge is 1.79. The first-order chi connectivity index (χ1) is 2.91. The molecule has 0 fully saturated rings. The van der Waals surface area contributed by atoms with E-state index in [1.54, 1.807) is 0 Å². The molecule has 0 amide bonds. The topological polar surface area (TPSA) is 0 Å². The third kappa shape index (κ3) is 4.63. The van der Waals surface area contributed by atoms with Gasteiger partial charge in [-0.1, -0.05) is 17.7 Å². The standard InChI is InChI=1S/C3H7FS2/c1-2-3-5-6-4/h2-3H2,1H3. The van der Waals surface area contributed by atoms with Crippen LogP contribution < -0.4 is 0 Å². The van der Waals surface area contributed by atoms with Gasteiger partial charge in [-0.2, -0.15) is 3.89 Å². The van der Waals surface area contributed by atoms with Gasteiger partial charge in [0.1, 0.15) is 11.2 Å². The van der Waals surface area contributed by atoms with Crippen LogP contribution in [0.2, 0.25) is 0 Å². The van der Waals surface area contributed by atoms with E-state index in [9.17, 15) is 3.89 Å². The van der Waals surface area contributed by atoms with E-state index in [2.05, 4.69) is 0 Å². The Bertz CT molecular complexity index is 20.8. The molecule has 0 radical (unpaired) electrons. The molecular weight excluding hydrogens is 119 g/mol. The van der Waals surface area contributed by atoms with E-state index in [-0.39, 0.29) is 0 Å². The van der Waals surface area contributed by atoms with Crippen molar-refractivity contribution >= 4 is 22.0 Å². The van der Waals surface area contributed by atoms with E-state index in [0.29, 0.717) is 11.2 Å². The van der Waals surface area contributed by atoms with Crippen molar-refractivity contribution in [1.29, 1.82) is 0 Å². The first-order valence-corrected chi connectivity index (χ1v) is 4.04. The van der Waals surface area contributed by atoms with Crippen LogP contribution in [0.5, 0.6) is 0 Å². The summed E-state index contributed by atoms with van der Waals surface area (Å²) in [5.41, 5.74) is 0. The maximum Gasteiger partial charge on any atom is 0.115 e. The van der Waals surface area contributed by atoms with Crippen molar-refractivity contribution < 1.29 is 3.89 Å². The fourth-order valence-corrected chi connectivity index (χ4v) is 1.03. The second-order valence-electron chi connectivity index (χ2n) is 0.885. The Hall–Kier alpha value is 0.630. The van der Waals surface area contributed by atoms with Gasteiger partial charge in [0.25, 0.3) is 0 Å². The van der Waals surface area contributed by atoms with E-state index in [1.165, 1.54) is 10.8 Å². The molecule has 0 spiro atoms. The van der Waals surface area contributed by atoms with Gasteiger partial charge in [0.2, 0.25) is 0 Å². The third-order valence-electron chi connectivity index (χ3n) is 0.332. The number of halogens is 1. The van der Waals surface area contributed by atoms with Gasteiger partial charge in [-0.05, 0) is 6.42 Å². The van der Waals surface area contributed by atoms with Crippen LogP contribution in [0.4, 0.5) is 3.89 Å². The molecule has 0 saturated heterocycles. The first kappa shape index (κ1) is 6.63. The Balaban J connectivity index is 2.34. The molecule has 0 aromatic carbocycles. The molecule has 0 saturated carbocycles. The third-order valence-corrected chi connectivity index (χ3v) is 1.76. The molecule has 0 unspecified atom stereocenters. The van der Waals surface area contributed by atoms with E-state index in [1.807, 2.05) is 6.92 Å². The Morgan fingerprint density at radius 2 is 2.33 bits per heavy atom. The minimum absolute atomic E-state index is 0.343. The number of hydrogen-bond donors (Lipinski definition) is 0. The Kier molecular flexibility index (Phi) is 6.22. The summed E-state index contributed by atoms with van der Waals surface area (Å²) < 4.78 is 11.1. The highest BCUT2D eigenvalue weighted by molar-refractivity contribution is 8.74. The van der Waals surface area contributed by atoms with Crippen LogP contribution >= 0.6 is 22.0 Å². The van der Waals surface area contributed by atoms with Gasteiger partial charge in [-0.15, -0.1) is 0 Å². The van der Waals surface area contributed by atoms with E-state index in [0.717, 1.165) is 12.2 Å². The van der Waals surface area contributed by atoms with Crippen molar-refractivity contribution in [3.8, 4) is 0 Å². The molecule has 0 N–H and O–H groups in total. The van der Waals surface area contributed by atoms with Gasteiger partial charge in [0, 0.05) is 5.75 Å². The Morgan fingerprint density at radius 1 is 1.67 bits per heavy atom. The zero-order valence-electron chi connectivity index (χ0n) is 3.61. The molecule has 0 bridgehead atoms. The lowest BCUT2D eigenvalue weighted by Gasteiger charge is -1.82. The molecule has 0 atom stereocenters. The molecule has 0 aliphatic carbocycles. The van der Waals surface area contributed by atoms with Crippen molar-refractivity contribution in [1.82, 2.24) is 0 Å². The summed E-state index contributed by atoms with van der Waals surface area (Å²) in [7, 11) is 1.26. The summed E-state index contributed by atoms with van der Waals surface area (Å²) in [6, 6.07) is 0. The van der Waals surface area contributed by atoms with Gasteiger partial charge < -0.3 is 0 Å². The lowest BCUT2D eigenvalue weighted by atomic mass is 10.6. The second kappa shape index (κ2) is 5.63. The molecule has 0 aromatic rings. The van der Waals surface area contributed by atoms with Gasteiger partial charge >= 0.3 is 0 Å². The fraction of sp³-hybridized carbons (Fsp3) is 1.00. The van der Waals surface area contributed by atoms with E-state index in [4.69, 9.17) is 0 Å². The lowest BCUT2D eigenvalue weighted by molar-refractivity contribution is 0.953. The molecule has 0 heterocycles. The molecule has 0 aliphatic rings. The van der Waals surface area contributed by atoms with Crippen molar-refractivity contribution in [3.05, 3.63) is 0 Å². The largest absolute Gasteiger partial charge is 0.153 e. The molecule has 0 aliphatic heterocycles. The number of hydrogen-bond acceptors (Lipinski definition) is 2. The Morgan fingerprint density at radius 3 is 2.50 bits per heavy atom. The predicted molar refractivity (Wildman–Crippen MR) is 31.4 cm³/mol. The van der Waals surface area contributed by atoms with Crippen LogP contribution in [0.25, 0.3) is 0 Å². The predicted octanol–water partition coefficient (Wildman–Crippen LogP) is 2.66. The summed E-state index contributed by atoms with van der Waals surface area (Å²) in [6.45, 7) is 2.03. The van der Waals surface area contributed by atoms with Crippen LogP contribution in [0, 0.1) is 0 Å². The monoisotopic (exact) mass is 126 g/mol. The average Bonchev–Trinajstić information content (AvgIpc) is 1.61. The zero-order valence-corrected chi connectivity index (χ0v) is 5.24. The molecule has 0 nitrogen and oxygen atoms in total. The van der Waals surface area contributed by atoms with Crippen molar-refractivity contribution in [2.45, 2.75) is 13.3 Å². The summed E-state index contributed by atoms with van der Waals surface area (Å²) in [6.07, 6.45) is 1.06. The highest BCUT2D eigenvalue weighted by atomic mass is 33.1. The number of rotatable bonds is 3. The van der Waals surface area contributed by atoms with Gasteiger partial charge in [0.15, 0.2) is 0 Å². The van der Waals surface area contributed by atoms with E-state index >= 15 is 0 Å². The van der Waals surface area contributed by atoms with Crippen LogP contribution in [0.1, 0.15) is 13.3 Å². The maximum absolute atomic E-state index is 11.1. The van der Waals surface area contributed by atoms with Crippen LogP contribution in [-0.2, 0) is 0 Å². The van der Waals surface area contributed by atoms with Gasteiger partial charge in [0.05, 0.1) is 0 Å². The van der Waals surface area contributed by atoms with Crippen LogP contribution in [0.15, 0.2) is 0 Å². The van der Waals surface area contributed by atoms with Crippen molar-refractivity contribution in [2.75, 3.05) is 5.75 Å². The summed E-state index contributed by atoms with van der Waals surface area (Å²) >= 11 is 0.343. The molecule has 3 heteroatoms. The molecule has 0 rings (SSSR count). The van der Waals surface area contributed by atoms with Crippen LogP contribution in [0.3, 0.4) is 0 Å².